The molecule has 0 saturated carbocycles. The number of rotatable bonds is 7. The predicted molar refractivity (Wildman–Crippen MR) is 78.1 cm³/mol. The highest BCUT2D eigenvalue weighted by Crippen LogP contribution is 2.19. The Morgan fingerprint density at radius 3 is 2.56 bits per heavy atom. The molecule has 1 atom stereocenters. The van der Waals surface area contributed by atoms with Gasteiger partial charge in [-0.05, 0) is 62.3 Å². The van der Waals surface area contributed by atoms with Crippen molar-refractivity contribution in [2.75, 3.05) is 6.61 Å². The van der Waals surface area contributed by atoms with Gasteiger partial charge in [0.1, 0.15) is 5.75 Å². The van der Waals surface area contributed by atoms with Crippen molar-refractivity contribution in [1.82, 2.24) is 0 Å². The number of ether oxygens (including phenoxy) is 1. The summed E-state index contributed by atoms with van der Waals surface area (Å²) in [4.78, 5) is 0. The number of hydrogen-bond acceptors (Lipinski definition) is 2. The molecule has 0 fully saturated rings. The molecule has 0 aromatic heterocycles. The van der Waals surface area contributed by atoms with Crippen molar-refractivity contribution in [2.24, 2.45) is 11.7 Å². The summed E-state index contributed by atoms with van der Waals surface area (Å²) in [5.74, 6) is 1.55. The Kier molecular flexibility index (Phi) is 6.20. The molecular formula is C16H27NO. The average molecular weight is 249 g/mol. The second-order valence-corrected chi connectivity index (χ2v) is 5.32. The fraction of sp³-hybridized carbons (Fsp3) is 0.625. The molecule has 0 aliphatic heterocycles. The summed E-state index contributed by atoms with van der Waals surface area (Å²) >= 11 is 0. The summed E-state index contributed by atoms with van der Waals surface area (Å²) in [5.41, 5.74) is 8.79. The number of nitrogens with two attached hydrogens (primary N) is 1. The molecule has 0 bridgehead atoms. The van der Waals surface area contributed by atoms with Gasteiger partial charge in [0.15, 0.2) is 0 Å². The van der Waals surface area contributed by atoms with Gasteiger partial charge in [-0.2, -0.15) is 0 Å². The molecule has 1 rings (SSSR count). The molecule has 0 heterocycles. The van der Waals surface area contributed by atoms with E-state index in [1.807, 2.05) is 6.92 Å². The topological polar surface area (TPSA) is 35.2 Å². The number of benzene rings is 1. The second kappa shape index (κ2) is 7.42. The lowest BCUT2D eigenvalue weighted by Gasteiger charge is -2.15. The Morgan fingerprint density at radius 2 is 2.00 bits per heavy atom. The Hall–Kier alpha value is -1.02. The molecular weight excluding hydrogens is 222 g/mol. The van der Waals surface area contributed by atoms with Gasteiger partial charge in [-0.25, -0.2) is 0 Å². The summed E-state index contributed by atoms with van der Waals surface area (Å²) in [6.07, 6.45) is 3.37. The molecule has 0 aliphatic rings. The first-order valence-electron chi connectivity index (χ1n) is 7.02. The van der Waals surface area contributed by atoms with Gasteiger partial charge >= 0.3 is 0 Å². The lowest BCUT2D eigenvalue weighted by Crippen LogP contribution is -2.26. The van der Waals surface area contributed by atoms with Crippen LogP contribution in [-0.2, 0) is 6.42 Å². The first-order valence-corrected chi connectivity index (χ1v) is 7.02. The first-order chi connectivity index (χ1) is 8.54. The quantitative estimate of drug-likeness (QED) is 0.799. The van der Waals surface area contributed by atoms with Crippen LogP contribution in [0.1, 0.15) is 44.7 Å². The largest absolute Gasteiger partial charge is 0.494 e. The summed E-state index contributed by atoms with van der Waals surface area (Å²) in [6.45, 7) is 9.26. The van der Waals surface area contributed by atoms with Crippen molar-refractivity contribution < 1.29 is 4.74 Å². The van der Waals surface area contributed by atoms with Crippen molar-refractivity contribution in [3.05, 3.63) is 29.3 Å². The SMILES string of the molecule is CCOc1ccc(CCCC(N)C(C)C)c(C)c1. The van der Waals surface area contributed by atoms with E-state index in [-0.39, 0.29) is 0 Å². The van der Waals surface area contributed by atoms with Gasteiger partial charge in [-0.15, -0.1) is 0 Å². The highest BCUT2D eigenvalue weighted by molar-refractivity contribution is 5.34. The van der Waals surface area contributed by atoms with Gasteiger partial charge < -0.3 is 10.5 Å². The van der Waals surface area contributed by atoms with Crippen LogP contribution >= 0.6 is 0 Å². The number of hydrogen-bond donors (Lipinski definition) is 1. The Labute approximate surface area is 112 Å². The molecule has 2 nitrogen and oxygen atoms in total. The minimum absolute atomic E-state index is 0.327. The maximum atomic E-state index is 6.06. The third kappa shape index (κ3) is 4.69. The minimum Gasteiger partial charge on any atom is -0.494 e. The Bertz CT molecular complexity index is 360. The van der Waals surface area contributed by atoms with E-state index >= 15 is 0 Å². The second-order valence-electron chi connectivity index (χ2n) is 5.32. The molecule has 0 aliphatic carbocycles. The number of aryl methyl sites for hydroxylation is 2. The van der Waals surface area contributed by atoms with Crippen LogP contribution in [0.4, 0.5) is 0 Å². The smallest absolute Gasteiger partial charge is 0.119 e. The van der Waals surface area contributed by atoms with E-state index < -0.39 is 0 Å². The highest BCUT2D eigenvalue weighted by atomic mass is 16.5. The maximum Gasteiger partial charge on any atom is 0.119 e. The zero-order valence-corrected chi connectivity index (χ0v) is 12.2. The summed E-state index contributed by atoms with van der Waals surface area (Å²) in [5, 5.41) is 0. The maximum absolute atomic E-state index is 6.06. The summed E-state index contributed by atoms with van der Waals surface area (Å²) in [6, 6.07) is 6.70. The zero-order valence-electron chi connectivity index (χ0n) is 12.2. The van der Waals surface area contributed by atoms with Gasteiger partial charge in [0.2, 0.25) is 0 Å². The predicted octanol–water partition coefficient (Wildman–Crippen LogP) is 3.70. The van der Waals surface area contributed by atoms with Gasteiger partial charge in [0.25, 0.3) is 0 Å². The van der Waals surface area contributed by atoms with Gasteiger partial charge in [0.05, 0.1) is 6.61 Å². The Balaban J connectivity index is 2.47. The van der Waals surface area contributed by atoms with Crippen LogP contribution in [0.3, 0.4) is 0 Å². The summed E-state index contributed by atoms with van der Waals surface area (Å²) in [7, 11) is 0. The molecule has 0 spiro atoms. The van der Waals surface area contributed by atoms with Crippen LogP contribution in [0.5, 0.6) is 5.75 Å². The molecule has 102 valence electrons. The fourth-order valence-electron chi connectivity index (χ4n) is 2.07. The highest BCUT2D eigenvalue weighted by Gasteiger charge is 2.07. The van der Waals surface area contributed by atoms with Gasteiger partial charge in [-0.1, -0.05) is 19.9 Å². The van der Waals surface area contributed by atoms with Crippen LogP contribution in [0.15, 0.2) is 18.2 Å². The fourth-order valence-corrected chi connectivity index (χ4v) is 2.07. The van der Waals surface area contributed by atoms with E-state index in [1.54, 1.807) is 0 Å². The van der Waals surface area contributed by atoms with E-state index in [0.29, 0.717) is 12.0 Å². The summed E-state index contributed by atoms with van der Waals surface area (Å²) < 4.78 is 5.50. The molecule has 0 radical (unpaired) electrons. The molecule has 1 aromatic rings. The van der Waals surface area contributed by atoms with Crippen molar-refractivity contribution in [2.45, 2.75) is 53.0 Å². The Morgan fingerprint density at radius 1 is 1.28 bits per heavy atom. The molecule has 0 amide bonds. The van der Waals surface area contributed by atoms with Crippen molar-refractivity contribution in [1.29, 1.82) is 0 Å². The van der Waals surface area contributed by atoms with Crippen molar-refractivity contribution in [3.8, 4) is 5.75 Å². The standard InChI is InChI=1S/C16H27NO/c1-5-18-15-10-9-14(13(4)11-15)7-6-8-16(17)12(2)3/h9-12,16H,5-8,17H2,1-4H3. The zero-order chi connectivity index (χ0) is 13.5. The first kappa shape index (κ1) is 15.0. The molecule has 1 unspecified atom stereocenters. The van der Waals surface area contributed by atoms with Gasteiger partial charge in [-0.3, -0.25) is 0 Å². The van der Waals surface area contributed by atoms with Crippen LogP contribution < -0.4 is 10.5 Å². The van der Waals surface area contributed by atoms with Crippen molar-refractivity contribution >= 4 is 0 Å². The van der Waals surface area contributed by atoms with E-state index in [2.05, 4.69) is 39.0 Å². The third-order valence-electron chi connectivity index (χ3n) is 3.46. The molecule has 2 heteroatoms. The van der Waals surface area contributed by atoms with Crippen LogP contribution in [-0.4, -0.2) is 12.6 Å². The normalized spacial score (nSPS) is 12.8. The molecule has 18 heavy (non-hydrogen) atoms. The molecule has 1 aromatic carbocycles. The van der Waals surface area contributed by atoms with Gasteiger partial charge in [0, 0.05) is 6.04 Å². The minimum atomic E-state index is 0.327. The van der Waals surface area contributed by atoms with E-state index in [0.717, 1.165) is 31.6 Å². The molecule has 2 N–H and O–H groups in total. The van der Waals surface area contributed by atoms with E-state index in [9.17, 15) is 0 Å². The lowest BCUT2D eigenvalue weighted by molar-refractivity contribution is 0.340. The van der Waals surface area contributed by atoms with Crippen LogP contribution in [0, 0.1) is 12.8 Å². The van der Waals surface area contributed by atoms with Crippen molar-refractivity contribution in [3.63, 3.8) is 0 Å². The monoisotopic (exact) mass is 249 g/mol. The molecule has 0 saturated heterocycles. The van der Waals surface area contributed by atoms with E-state index in [1.165, 1.54) is 11.1 Å². The average Bonchev–Trinajstić information content (AvgIpc) is 2.32. The third-order valence-corrected chi connectivity index (χ3v) is 3.46. The van der Waals surface area contributed by atoms with Crippen LogP contribution in [0.25, 0.3) is 0 Å². The van der Waals surface area contributed by atoms with Crippen LogP contribution in [0.2, 0.25) is 0 Å². The lowest BCUT2D eigenvalue weighted by atomic mass is 9.96. The van der Waals surface area contributed by atoms with E-state index in [4.69, 9.17) is 10.5 Å².